The molecular formula is C13H5BrClF3O4S. The molecule has 122 valence electrons. The normalized spacial score (nSPS) is 12.9. The Morgan fingerprint density at radius 3 is 2.48 bits per heavy atom. The van der Waals surface area contributed by atoms with Gasteiger partial charge in [0.2, 0.25) is 0 Å². The first-order chi connectivity index (χ1) is 10.6. The molecule has 1 heterocycles. The summed E-state index contributed by atoms with van der Waals surface area (Å²) < 4.78 is 69.2. The van der Waals surface area contributed by atoms with Gasteiger partial charge in [-0.1, -0.05) is 11.6 Å². The quantitative estimate of drug-likeness (QED) is 0.413. The predicted octanol–water partition coefficient (Wildman–Crippen LogP) is 5.23. The van der Waals surface area contributed by atoms with Crippen molar-refractivity contribution >= 4 is 59.6 Å². The van der Waals surface area contributed by atoms with Crippen LogP contribution in [0.5, 0.6) is 5.75 Å². The third-order valence-corrected chi connectivity index (χ3v) is 4.79. The van der Waals surface area contributed by atoms with Crippen molar-refractivity contribution in [3.8, 4) is 5.75 Å². The van der Waals surface area contributed by atoms with Crippen molar-refractivity contribution in [3.63, 3.8) is 0 Å². The van der Waals surface area contributed by atoms with Crippen LogP contribution in [-0.2, 0) is 10.1 Å². The molecule has 0 saturated carbocycles. The van der Waals surface area contributed by atoms with Crippen LogP contribution in [0, 0.1) is 0 Å². The average molecular weight is 430 g/mol. The van der Waals surface area contributed by atoms with Crippen molar-refractivity contribution in [3.05, 3.63) is 39.8 Å². The summed E-state index contributed by atoms with van der Waals surface area (Å²) in [5, 5.41) is 1.62. The van der Waals surface area contributed by atoms with E-state index in [9.17, 15) is 21.6 Å². The fourth-order valence-corrected chi connectivity index (χ4v) is 3.28. The molecular weight excluding hydrogens is 425 g/mol. The zero-order valence-corrected chi connectivity index (χ0v) is 14.0. The Balaban J connectivity index is 2.18. The molecule has 23 heavy (non-hydrogen) atoms. The summed E-state index contributed by atoms with van der Waals surface area (Å²) in [5.41, 5.74) is -4.92. The standard InChI is InChI=1S/C13H5BrClF3O4S/c14-9-4-7(22-23(19,20)13(16,17)18)5-11-12(9)8-3-6(15)1-2-10(8)21-11/h1-5H. The first-order valence-electron chi connectivity index (χ1n) is 5.90. The van der Waals surface area contributed by atoms with Gasteiger partial charge in [0, 0.05) is 26.3 Å². The minimum absolute atomic E-state index is 0.156. The summed E-state index contributed by atoms with van der Waals surface area (Å²) in [4.78, 5) is 0. The molecule has 4 nitrogen and oxygen atoms in total. The smallest absolute Gasteiger partial charge is 0.456 e. The lowest BCUT2D eigenvalue weighted by Crippen LogP contribution is -2.28. The van der Waals surface area contributed by atoms with Gasteiger partial charge in [0.25, 0.3) is 0 Å². The molecule has 3 rings (SSSR count). The van der Waals surface area contributed by atoms with Gasteiger partial charge < -0.3 is 8.60 Å². The summed E-state index contributed by atoms with van der Waals surface area (Å²) in [7, 11) is -5.76. The number of hydrogen-bond acceptors (Lipinski definition) is 4. The highest BCUT2D eigenvalue weighted by molar-refractivity contribution is 9.10. The summed E-state index contributed by atoms with van der Waals surface area (Å²) in [6, 6.07) is 6.99. The number of rotatable bonds is 2. The van der Waals surface area contributed by atoms with Crippen molar-refractivity contribution in [2.45, 2.75) is 5.51 Å². The highest BCUT2D eigenvalue weighted by atomic mass is 79.9. The van der Waals surface area contributed by atoms with E-state index in [2.05, 4.69) is 20.1 Å². The number of benzene rings is 2. The third kappa shape index (κ3) is 2.88. The molecule has 0 radical (unpaired) electrons. The van der Waals surface area contributed by atoms with Crippen LogP contribution >= 0.6 is 27.5 Å². The fourth-order valence-electron chi connectivity index (χ4n) is 2.03. The Hall–Kier alpha value is -1.45. The highest BCUT2D eigenvalue weighted by Gasteiger charge is 2.48. The van der Waals surface area contributed by atoms with Gasteiger partial charge in [-0.25, -0.2) is 0 Å². The number of alkyl halides is 3. The molecule has 0 spiro atoms. The molecule has 0 atom stereocenters. The van der Waals surface area contributed by atoms with Crippen LogP contribution < -0.4 is 4.18 Å². The molecule has 0 aliphatic heterocycles. The molecule has 0 fully saturated rings. The predicted molar refractivity (Wildman–Crippen MR) is 82.0 cm³/mol. The average Bonchev–Trinajstić information content (AvgIpc) is 2.74. The Morgan fingerprint density at radius 1 is 1.13 bits per heavy atom. The minimum Gasteiger partial charge on any atom is -0.456 e. The van der Waals surface area contributed by atoms with Crippen molar-refractivity contribution in [1.82, 2.24) is 0 Å². The fraction of sp³-hybridized carbons (Fsp3) is 0.0769. The van der Waals surface area contributed by atoms with Gasteiger partial charge in [-0.05, 0) is 40.2 Å². The van der Waals surface area contributed by atoms with Gasteiger partial charge in [0.05, 0.1) is 0 Å². The molecule has 0 aliphatic carbocycles. The minimum atomic E-state index is -5.76. The van der Waals surface area contributed by atoms with Crippen LogP contribution in [-0.4, -0.2) is 13.9 Å². The van der Waals surface area contributed by atoms with E-state index in [4.69, 9.17) is 16.0 Å². The second-order valence-electron chi connectivity index (χ2n) is 4.50. The Kier molecular flexibility index (Phi) is 3.77. The number of halogens is 5. The van der Waals surface area contributed by atoms with Gasteiger partial charge in [-0.3, -0.25) is 0 Å². The second-order valence-corrected chi connectivity index (χ2v) is 7.33. The molecule has 0 N–H and O–H groups in total. The SMILES string of the molecule is O=S(=O)(Oc1cc(Br)c2c(c1)oc1ccc(Cl)cc12)C(F)(F)F. The molecule has 3 aromatic rings. The van der Waals surface area contributed by atoms with Gasteiger partial charge >= 0.3 is 15.6 Å². The molecule has 2 aromatic carbocycles. The first-order valence-corrected chi connectivity index (χ1v) is 8.48. The number of hydrogen-bond donors (Lipinski definition) is 0. The first kappa shape index (κ1) is 16.4. The number of fused-ring (bicyclic) bond motifs is 3. The van der Waals surface area contributed by atoms with Gasteiger partial charge in [0.15, 0.2) is 0 Å². The van der Waals surface area contributed by atoms with E-state index >= 15 is 0 Å². The van der Waals surface area contributed by atoms with Crippen molar-refractivity contribution < 1.29 is 30.2 Å². The van der Waals surface area contributed by atoms with Crippen LogP contribution in [0.15, 0.2) is 39.2 Å². The summed E-state index contributed by atoms with van der Waals surface area (Å²) in [5.74, 6) is -0.521. The van der Waals surface area contributed by atoms with Gasteiger partial charge in [-0.2, -0.15) is 21.6 Å². The van der Waals surface area contributed by atoms with Crippen LogP contribution in [0.2, 0.25) is 5.02 Å². The van der Waals surface area contributed by atoms with E-state index < -0.39 is 21.4 Å². The van der Waals surface area contributed by atoms with Crippen molar-refractivity contribution in [2.24, 2.45) is 0 Å². The Morgan fingerprint density at radius 2 is 1.83 bits per heavy atom. The van der Waals surface area contributed by atoms with Crippen LogP contribution in [0.25, 0.3) is 21.9 Å². The molecule has 0 saturated heterocycles. The van der Waals surface area contributed by atoms with Crippen molar-refractivity contribution in [2.75, 3.05) is 0 Å². The summed E-state index contributed by atoms with van der Waals surface area (Å²) in [6.45, 7) is 0. The van der Waals surface area contributed by atoms with Gasteiger partial charge in [0.1, 0.15) is 16.9 Å². The summed E-state index contributed by atoms with van der Waals surface area (Å²) in [6.07, 6.45) is 0. The maximum atomic E-state index is 12.4. The molecule has 0 aliphatic rings. The van der Waals surface area contributed by atoms with Crippen LogP contribution in [0.3, 0.4) is 0 Å². The van der Waals surface area contributed by atoms with E-state index in [1.165, 1.54) is 0 Å². The Labute approximate surface area is 141 Å². The largest absolute Gasteiger partial charge is 0.534 e. The molecule has 10 heteroatoms. The van der Waals surface area contributed by atoms with Gasteiger partial charge in [-0.15, -0.1) is 0 Å². The highest BCUT2D eigenvalue weighted by Crippen LogP contribution is 2.39. The van der Waals surface area contributed by atoms with Crippen LogP contribution in [0.4, 0.5) is 13.2 Å². The lowest BCUT2D eigenvalue weighted by molar-refractivity contribution is -0.0500. The zero-order valence-electron chi connectivity index (χ0n) is 10.8. The van der Waals surface area contributed by atoms with E-state index in [0.717, 1.165) is 12.1 Å². The van der Waals surface area contributed by atoms with Crippen molar-refractivity contribution in [1.29, 1.82) is 0 Å². The lowest BCUT2D eigenvalue weighted by Gasteiger charge is -2.09. The molecule has 0 bridgehead atoms. The van der Waals surface area contributed by atoms with E-state index in [1.807, 2.05) is 0 Å². The molecule has 1 aromatic heterocycles. The maximum Gasteiger partial charge on any atom is 0.534 e. The summed E-state index contributed by atoms with van der Waals surface area (Å²) >= 11 is 9.08. The maximum absolute atomic E-state index is 12.4. The lowest BCUT2D eigenvalue weighted by atomic mass is 10.1. The number of furan rings is 1. The van der Waals surface area contributed by atoms with E-state index in [-0.39, 0.29) is 5.58 Å². The van der Waals surface area contributed by atoms with E-state index in [1.54, 1.807) is 18.2 Å². The topological polar surface area (TPSA) is 56.5 Å². The Bertz CT molecular complexity index is 1030. The second kappa shape index (κ2) is 5.29. The third-order valence-electron chi connectivity index (χ3n) is 2.95. The zero-order chi connectivity index (χ0) is 17.0. The monoisotopic (exact) mass is 428 g/mol. The van der Waals surface area contributed by atoms with Crippen LogP contribution in [0.1, 0.15) is 0 Å². The van der Waals surface area contributed by atoms with E-state index in [0.29, 0.717) is 25.9 Å². The molecule has 0 amide bonds. The molecule has 0 unspecified atom stereocenters.